The summed E-state index contributed by atoms with van der Waals surface area (Å²) >= 11 is 0. The van der Waals surface area contributed by atoms with Gasteiger partial charge in [-0.05, 0) is 68.5 Å². The molecule has 6 heteroatoms. The zero-order valence-electron chi connectivity index (χ0n) is 19.7. The fraction of sp³-hybridized carbons (Fsp3) is 0.462. The second kappa shape index (κ2) is 11.1. The van der Waals surface area contributed by atoms with Crippen LogP contribution in [0.25, 0.3) is 0 Å². The summed E-state index contributed by atoms with van der Waals surface area (Å²) in [5.41, 5.74) is 4.18. The van der Waals surface area contributed by atoms with Crippen molar-refractivity contribution in [3.8, 4) is 5.75 Å². The molecule has 172 valence electrons. The second-order valence-corrected chi connectivity index (χ2v) is 8.60. The molecule has 0 spiro atoms. The van der Waals surface area contributed by atoms with Crippen molar-refractivity contribution in [3.05, 3.63) is 59.2 Å². The monoisotopic (exact) mass is 437 g/mol. The molecule has 1 atom stereocenters. The molecule has 3 rings (SSSR count). The van der Waals surface area contributed by atoms with Crippen molar-refractivity contribution < 1.29 is 14.3 Å². The van der Waals surface area contributed by atoms with Gasteiger partial charge in [0.25, 0.3) is 0 Å². The molecule has 1 saturated heterocycles. The number of carbonyl (C=O) groups excluding carboxylic acids is 2. The Kier molecular flexibility index (Phi) is 8.28. The average Bonchev–Trinajstić information content (AvgIpc) is 3.06. The van der Waals surface area contributed by atoms with Crippen molar-refractivity contribution in [2.24, 2.45) is 0 Å². The third-order valence-electron chi connectivity index (χ3n) is 6.25. The number of benzene rings is 2. The lowest BCUT2D eigenvalue weighted by molar-refractivity contribution is -0.131. The molecule has 0 saturated carbocycles. The predicted molar refractivity (Wildman–Crippen MR) is 128 cm³/mol. The molecular formula is C26H35N3O3. The summed E-state index contributed by atoms with van der Waals surface area (Å²) in [4.78, 5) is 29.8. The first-order chi connectivity index (χ1) is 15.4. The zero-order valence-corrected chi connectivity index (χ0v) is 19.7. The third-order valence-corrected chi connectivity index (χ3v) is 6.25. The van der Waals surface area contributed by atoms with Crippen molar-refractivity contribution in [3.63, 3.8) is 0 Å². The van der Waals surface area contributed by atoms with E-state index in [4.69, 9.17) is 4.74 Å². The number of rotatable bonds is 7. The predicted octanol–water partition coefficient (Wildman–Crippen LogP) is 3.81. The Morgan fingerprint density at radius 2 is 1.78 bits per heavy atom. The maximum atomic E-state index is 12.9. The van der Waals surface area contributed by atoms with E-state index >= 15 is 0 Å². The maximum Gasteiger partial charge on any atom is 0.241 e. The number of methoxy groups -OCH3 is 1. The van der Waals surface area contributed by atoms with Gasteiger partial charge in [0.15, 0.2) is 0 Å². The summed E-state index contributed by atoms with van der Waals surface area (Å²) in [5.74, 6) is 0.997. The summed E-state index contributed by atoms with van der Waals surface area (Å²) in [6, 6.07) is 13.7. The molecule has 2 aromatic carbocycles. The number of hydrogen-bond donors (Lipinski definition) is 1. The molecule has 2 aromatic rings. The van der Waals surface area contributed by atoms with Crippen molar-refractivity contribution in [1.29, 1.82) is 0 Å². The first-order valence-electron chi connectivity index (χ1n) is 11.4. The first-order valence-corrected chi connectivity index (χ1v) is 11.4. The van der Waals surface area contributed by atoms with Crippen molar-refractivity contribution in [2.75, 3.05) is 38.6 Å². The lowest BCUT2D eigenvalue weighted by atomic mass is 10.1. The SMILES string of the molecule is COc1ccc(CCC(=O)N2CCCN(C(C)C(=O)Nc3cc(C)ccc3C)CC2)cc1. The van der Waals surface area contributed by atoms with Crippen LogP contribution in [-0.2, 0) is 16.0 Å². The number of nitrogens with one attached hydrogen (secondary N) is 1. The fourth-order valence-corrected chi connectivity index (χ4v) is 4.05. The van der Waals surface area contributed by atoms with Gasteiger partial charge >= 0.3 is 0 Å². The lowest BCUT2D eigenvalue weighted by Gasteiger charge is -2.27. The summed E-state index contributed by atoms with van der Waals surface area (Å²) < 4.78 is 5.19. The van der Waals surface area contributed by atoms with E-state index in [1.54, 1.807) is 7.11 Å². The van der Waals surface area contributed by atoms with Gasteiger partial charge in [-0.25, -0.2) is 0 Å². The minimum Gasteiger partial charge on any atom is -0.497 e. The molecular weight excluding hydrogens is 402 g/mol. The Bertz CT molecular complexity index is 926. The highest BCUT2D eigenvalue weighted by molar-refractivity contribution is 5.95. The number of hydrogen-bond acceptors (Lipinski definition) is 4. The fourth-order valence-electron chi connectivity index (χ4n) is 4.05. The minimum absolute atomic E-state index is 0.00187. The minimum atomic E-state index is -0.246. The number of amides is 2. The summed E-state index contributed by atoms with van der Waals surface area (Å²) in [6.45, 7) is 8.88. The number of nitrogens with zero attached hydrogens (tertiary/aromatic N) is 2. The van der Waals surface area contributed by atoms with Gasteiger partial charge in [0.1, 0.15) is 5.75 Å². The largest absolute Gasteiger partial charge is 0.497 e. The van der Waals surface area contributed by atoms with Crippen LogP contribution in [0, 0.1) is 13.8 Å². The van der Waals surface area contributed by atoms with E-state index in [1.165, 1.54) is 0 Å². The average molecular weight is 438 g/mol. The zero-order chi connectivity index (χ0) is 23.1. The normalized spacial score (nSPS) is 15.7. The number of aryl methyl sites for hydroxylation is 3. The topological polar surface area (TPSA) is 61.9 Å². The van der Waals surface area contributed by atoms with Crippen molar-refractivity contribution >= 4 is 17.5 Å². The molecule has 1 aliphatic rings. The van der Waals surface area contributed by atoms with Gasteiger partial charge in [-0.2, -0.15) is 0 Å². The van der Waals surface area contributed by atoms with Crippen LogP contribution in [0.2, 0.25) is 0 Å². The number of anilines is 1. The van der Waals surface area contributed by atoms with E-state index in [0.29, 0.717) is 19.5 Å². The quantitative estimate of drug-likeness (QED) is 0.716. The van der Waals surface area contributed by atoms with Crippen LogP contribution in [0.4, 0.5) is 5.69 Å². The van der Waals surface area contributed by atoms with Crippen molar-refractivity contribution in [1.82, 2.24) is 9.80 Å². The van der Waals surface area contributed by atoms with E-state index in [2.05, 4.69) is 10.2 Å². The van der Waals surface area contributed by atoms with Crippen LogP contribution in [0.5, 0.6) is 5.75 Å². The van der Waals surface area contributed by atoms with E-state index in [0.717, 1.165) is 54.1 Å². The van der Waals surface area contributed by atoms with Crippen LogP contribution in [0.1, 0.15) is 36.5 Å². The van der Waals surface area contributed by atoms with E-state index in [1.807, 2.05) is 68.1 Å². The van der Waals surface area contributed by atoms with Crippen molar-refractivity contribution in [2.45, 2.75) is 46.1 Å². The summed E-state index contributed by atoms with van der Waals surface area (Å²) in [7, 11) is 1.65. The van der Waals surface area contributed by atoms with E-state index in [-0.39, 0.29) is 17.9 Å². The van der Waals surface area contributed by atoms with Crippen LogP contribution in [0.3, 0.4) is 0 Å². The first kappa shape index (κ1) is 23.8. The maximum absolute atomic E-state index is 12.9. The molecule has 1 N–H and O–H groups in total. The molecule has 2 amide bonds. The smallest absolute Gasteiger partial charge is 0.241 e. The van der Waals surface area contributed by atoms with Gasteiger partial charge in [0.2, 0.25) is 11.8 Å². The third kappa shape index (κ3) is 6.33. The van der Waals surface area contributed by atoms with Crippen LogP contribution in [-0.4, -0.2) is 60.9 Å². The Labute approximate surface area is 191 Å². The van der Waals surface area contributed by atoms with Gasteiger partial charge in [-0.15, -0.1) is 0 Å². The standard InChI is InChI=1S/C26H35N3O3/c1-19-6-7-20(2)24(18-19)27-26(31)21(3)28-14-5-15-29(17-16-28)25(30)13-10-22-8-11-23(32-4)12-9-22/h6-9,11-12,18,21H,5,10,13-17H2,1-4H3,(H,27,31). The Morgan fingerprint density at radius 3 is 2.50 bits per heavy atom. The van der Waals surface area contributed by atoms with Gasteiger partial charge in [0, 0.05) is 38.3 Å². The van der Waals surface area contributed by atoms with Gasteiger partial charge in [0.05, 0.1) is 13.2 Å². The molecule has 0 aliphatic carbocycles. The van der Waals surface area contributed by atoms with Gasteiger partial charge < -0.3 is 15.0 Å². The highest BCUT2D eigenvalue weighted by atomic mass is 16.5. The molecule has 1 aliphatic heterocycles. The summed E-state index contributed by atoms with van der Waals surface area (Å²) in [6.07, 6.45) is 2.09. The van der Waals surface area contributed by atoms with E-state index in [9.17, 15) is 9.59 Å². The second-order valence-electron chi connectivity index (χ2n) is 8.60. The molecule has 6 nitrogen and oxygen atoms in total. The lowest BCUT2D eigenvalue weighted by Crippen LogP contribution is -2.44. The Hall–Kier alpha value is -2.86. The molecule has 0 radical (unpaired) electrons. The summed E-state index contributed by atoms with van der Waals surface area (Å²) in [5, 5.41) is 3.08. The Balaban J connectivity index is 1.50. The van der Waals surface area contributed by atoms with Gasteiger partial charge in [-0.3, -0.25) is 14.5 Å². The molecule has 1 fully saturated rings. The molecule has 32 heavy (non-hydrogen) atoms. The highest BCUT2D eigenvalue weighted by Gasteiger charge is 2.26. The van der Waals surface area contributed by atoms with Gasteiger partial charge in [-0.1, -0.05) is 24.3 Å². The molecule has 0 aromatic heterocycles. The Morgan fingerprint density at radius 1 is 1.03 bits per heavy atom. The molecule has 1 unspecified atom stereocenters. The van der Waals surface area contributed by atoms with Crippen LogP contribution in [0.15, 0.2) is 42.5 Å². The van der Waals surface area contributed by atoms with E-state index < -0.39 is 0 Å². The van der Waals surface area contributed by atoms with Crippen LogP contribution < -0.4 is 10.1 Å². The highest BCUT2D eigenvalue weighted by Crippen LogP contribution is 2.18. The molecule has 1 heterocycles. The molecule has 0 bridgehead atoms. The number of ether oxygens (including phenoxy) is 1. The van der Waals surface area contributed by atoms with Crippen LogP contribution >= 0.6 is 0 Å². The number of carbonyl (C=O) groups is 2.